The summed E-state index contributed by atoms with van der Waals surface area (Å²) >= 11 is 10.8. The minimum Gasteiger partial charge on any atom is -0.368 e. The Labute approximate surface area is 86.0 Å². The normalized spacial score (nSPS) is 22.4. The monoisotopic (exact) mass is 224 g/mol. The molecule has 13 heavy (non-hydrogen) atoms. The second kappa shape index (κ2) is 4.15. The van der Waals surface area contributed by atoms with E-state index >= 15 is 0 Å². The smallest absolute Gasteiger partial charge is 0.256 e. The molecule has 1 heterocycles. The van der Waals surface area contributed by atoms with Crippen LogP contribution in [0.2, 0.25) is 0 Å². The highest BCUT2D eigenvalue weighted by Gasteiger charge is 2.34. The van der Waals surface area contributed by atoms with Crippen LogP contribution < -0.4 is 5.73 Å². The second-order valence-electron chi connectivity index (χ2n) is 2.89. The predicted octanol–water partition coefficient (Wildman–Crippen LogP) is 0.266. The molecule has 2 N–H and O–H groups in total. The number of likely N-dealkylation sites (tertiary alicyclic amines) is 1. The fourth-order valence-electron chi connectivity index (χ4n) is 1.45. The Morgan fingerprint density at radius 2 is 2.08 bits per heavy atom. The maximum atomic E-state index is 11.3. The molecule has 0 radical (unpaired) electrons. The van der Waals surface area contributed by atoms with Crippen molar-refractivity contribution >= 4 is 35.0 Å². The summed E-state index contributed by atoms with van der Waals surface area (Å²) in [4.78, 5) is 22.4. The van der Waals surface area contributed by atoms with Gasteiger partial charge in [-0.05, 0) is 12.8 Å². The molecule has 0 bridgehead atoms. The van der Waals surface area contributed by atoms with Crippen LogP contribution in [0.1, 0.15) is 12.8 Å². The van der Waals surface area contributed by atoms with Gasteiger partial charge in [-0.1, -0.05) is 23.2 Å². The summed E-state index contributed by atoms with van der Waals surface area (Å²) in [5, 5.41) is 0. The van der Waals surface area contributed by atoms with Gasteiger partial charge < -0.3 is 10.6 Å². The average molecular weight is 225 g/mol. The van der Waals surface area contributed by atoms with Gasteiger partial charge in [-0.3, -0.25) is 9.59 Å². The van der Waals surface area contributed by atoms with Gasteiger partial charge in [-0.2, -0.15) is 0 Å². The lowest BCUT2D eigenvalue weighted by atomic mass is 10.2. The first-order valence-corrected chi connectivity index (χ1v) is 4.79. The highest BCUT2D eigenvalue weighted by Crippen LogP contribution is 2.20. The molecule has 74 valence electrons. The number of nitrogens with zero attached hydrogens (tertiary/aromatic N) is 1. The number of amides is 2. The van der Waals surface area contributed by atoms with Crippen LogP contribution in [0.3, 0.4) is 0 Å². The van der Waals surface area contributed by atoms with Gasteiger partial charge in [-0.15, -0.1) is 0 Å². The van der Waals surface area contributed by atoms with Crippen molar-refractivity contribution in [2.45, 2.75) is 23.7 Å². The van der Waals surface area contributed by atoms with Crippen LogP contribution in [-0.2, 0) is 9.59 Å². The van der Waals surface area contributed by atoms with Gasteiger partial charge in [0.15, 0.2) is 4.84 Å². The molecule has 1 fully saturated rings. The number of halogens is 2. The Morgan fingerprint density at radius 3 is 2.54 bits per heavy atom. The molecule has 0 aromatic heterocycles. The van der Waals surface area contributed by atoms with Crippen molar-refractivity contribution in [1.82, 2.24) is 4.90 Å². The van der Waals surface area contributed by atoms with Crippen LogP contribution in [0.25, 0.3) is 0 Å². The molecule has 1 aliphatic rings. The molecule has 6 heteroatoms. The van der Waals surface area contributed by atoms with Gasteiger partial charge in [0.2, 0.25) is 5.91 Å². The number of rotatable bonds is 2. The van der Waals surface area contributed by atoms with E-state index in [1.807, 2.05) is 0 Å². The topological polar surface area (TPSA) is 63.4 Å². The van der Waals surface area contributed by atoms with E-state index in [4.69, 9.17) is 28.9 Å². The van der Waals surface area contributed by atoms with Gasteiger partial charge >= 0.3 is 0 Å². The zero-order chi connectivity index (χ0) is 10.0. The van der Waals surface area contributed by atoms with Crippen LogP contribution in [0, 0.1) is 0 Å². The number of hydrogen-bond acceptors (Lipinski definition) is 2. The van der Waals surface area contributed by atoms with Crippen molar-refractivity contribution in [2.24, 2.45) is 5.73 Å². The first-order chi connectivity index (χ1) is 6.04. The van der Waals surface area contributed by atoms with Crippen molar-refractivity contribution in [3.05, 3.63) is 0 Å². The second-order valence-corrected chi connectivity index (χ2v) is 3.99. The molecule has 0 aromatic carbocycles. The van der Waals surface area contributed by atoms with Crippen LogP contribution in [0.5, 0.6) is 0 Å². The van der Waals surface area contributed by atoms with E-state index in [-0.39, 0.29) is 0 Å². The van der Waals surface area contributed by atoms with E-state index in [9.17, 15) is 9.59 Å². The maximum Gasteiger partial charge on any atom is 0.256 e. The standard InChI is InChI=1S/C7H10Cl2N2O2/c8-5(9)7(13)11-3-1-2-4(11)6(10)12/h4-5H,1-3H2,(H2,10,12). The van der Waals surface area contributed by atoms with Gasteiger partial charge in [0, 0.05) is 6.54 Å². The minimum absolute atomic E-state index is 0.440. The third kappa shape index (κ3) is 2.25. The van der Waals surface area contributed by atoms with Crippen LogP contribution in [-0.4, -0.2) is 34.1 Å². The van der Waals surface area contributed by atoms with Crippen molar-refractivity contribution in [1.29, 1.82) is 0 Å². The van der Waals surface area contributed by atoms with E-state index in [0.29, 0.717) is 13.0 Å². The first-order valence-electron chi connectivity index (χ1n) is 3.92. The number of primary amides is 1. The molecule has 0 aromatic rings. The van der Waals surface area contributed by atoms with Crippen LogP contribution in [0.15, 0.2) is 0 Å². The lowest BCUT2D eigenvalue weighted by Gasteiger charge is -2.22. The molecular weight excluding hydrogens is 215 g/mol. The molecule has 1 atom stereocenters. The Morgan fingerprint density at radius 1 is 1.46 bits per heavy atom. The largest absolute Gasteiger partial charge is 0.368 e. The van der Waals surface area contributed by atoms with Gasteiger partial charge in [0.05, 0.1) is 0 Å². The average Bonchev–Trinajstić information content (AvgIpc) is 2.50. The molecular formula is C7H10Cl2N2O2. The van der Waals surface area contributed by atoms with E-state index < -0.39 is 22.7 Å². The number of nitrogens with two attached hydrogens (primary N) is 1. The Hall–Kier alpha value is -0.480. The number of carbonyl (C=O) groups is 2. The molecule has 1 unspecified atom stereocenters. The lowest BCUT2D eigenvalue weighted by molar-refractivity contribution is -0.135. The highest BCUT2D eigenvalue weighted by atomic mass is 35.5. The van der Waals surface area contributed by atoms with Crippen molar-refractivity contribution in [3.8, 4) is 0 Å². The summed E-state index contributed by atoms with van der Waals surface area (Å²) < 4.78 is 0. The number of carbonyl (C=O) groups excluding carboxylic acids is 2. The summed E-state index contributed by atoms with van der Waals surface area (Å²) in [5.41, 5.74) is 5.11. The molecule has 1 rings (SSSR count). The van der Waals surface area contributed by atoms with Crippen molar-refractivity contribution < 1.29 is 9.59 Å². The molecule has 4 nitrogen and oxygen atoms in total. The number of hydrogen-bond donors (Lipinski definition) is 1. The predicted molar refractivity (Wildman–Crippen MR) is 49.4 cm³/mol. The van der Waals surface area contributed by atoms with E-state index in [1.165, 1.54) is 4.90 Å². The van der Waals surface area contributed by atoms with Gasteiger partial charge in [0.25, 0.3) is 5.91 Å². The summed E-state index contributed by atoms with van der Waals surface area (Å²) in [6, 6.07) is -0.535. The fourth-order valence-corrected chi connectivity index (χ4v) is 1.70. The van der Waals surface area contributed by atoms with Crippen LogP contribution in [0.4, 0.5) is 0 Å². The quantitative estimate of drug-likeness (QED) is 0.685. The van der Waals surface area contributed by atoms with E-state index in [0.717, 1.165) is 6.42 Å². The van der Waals surface area contributed by atoms with E-state index in [2.05, 4.69) is 0 Å². The van der Waals surface area contributed by atoms with Gasteiger partial charge in [-0.25, -0.2) is 0 Å². The first kappa shape index (κ1) is 10.6. The maximum absolute atomic E-state index is 11.3. The molecule has 1 aliphatic heterocycles. The summed E-state index contributed by atoms with van der Waals surface area (Å²) in [7, 11) is 0. The lowest BCUT2D eigenvalue weighted by Crippen LogP contribution is -2.45. The zero-order valence-electron chi connectivity index (χ0n) is 6.87. The fraction of sp³-hybridized carbons (Fsp3) is 0.714. The molecule has 1 saturated heterocycles. The third-order valence-electron chi connectivity index (χ3n) is 2.05. The Bertz CT molecular complexity index is 233. The highest BCUT2D eigenvalue weighted by molar-refractivity contribution is 6.53. The Kier molecular flexibility index (Phi) is 3.39. The molecule has 0 spiro atoms. The minimum atomic E-state index is -1.11. The molecule has 0 saturated carbocycles. The van der Waals surface area contributed by atoms with Crippen molar-refractivity contribution in [2.75, 3.05) is 6.54 Å². The molecule has 0 aliphatic carbocycles. The molecule has 2 amide bonds. The summed E-state index contributed by atoms with van der Waals surface area (Å²) in [6.45, 7) is 0.502. The Balaban J connectivity index is 2.68. The number of alkyl halides is 2. The zero-order valence-corrected chi connectivity index (χ0v) is 8.38. The van der Waals surface area contributed by atoms with Gasteiger partial charge in [0.1, 0.15) is 6.04 Å². The summed E-state index contributed by atoms with van der Waals surface area (Å²) in [6.07, 6.45) is 1.36. The summed E-state index contributed by atoms with van der Waals surface area (Å²) in [5.74, 6) is -0.940. The third-order valence-corrected chi connectivity index (χ3v) is 2.42. The van der Waals surface area contributed by atoms with Crippen LogP contribution >= 0.6 is 23.2 Å². The SMILES string of the molecule is NC(=O)C1CCCN1C(=O)C(Cl)Cl. The van der Waals surface area contributed by atoms with E-state index in [1.54, 1.807) is 0 Å². The van der Waals surface area contributed by atoms with Crippen molar-refractivity contribution in [3.63, 3.8) is 0 Å².